The minimum absolute atomic E-state index is 0.0689. The second-order valence-corrected chi connectivity index (χ2v) is 8.29. The lowest BCUT2D eigenvalue weighted by atomic mass is 9.93. The maximum Gasteiger partial charge on any atom is 0.334 e. The average molecular weight is 424 g/mol. The minimum atomic E-state index is -0.903. The van der Waals surface area contributed by atoms with Crippen LogP contribution in [0.3, 0.4) is 0 Å². The van der Waals surface area contributed by atoms with Gasteiger partial charge in [0.25, 0.3) is 0 Å². The average Bonchev–Trinajstić information content (AvgIpc) is 3.15. The van der Waals surface area contributed by atoms with Crippen molar-refractivity contribution in [3.63, 3.8) is 0 Å². The summed E-state index contributed by atoms with van der Waals surface area (Å²) < 4.78 is 6.25. The van der Waals surface area contributed by atoms with Gasteiger partial charge >= 0.3 is 5.97 Å². The van der Waals surface area contributed by atoms with Gasteiger partial charge < -0.3 is 14.8 Å². The molecule has 0 bridgehead atoms. The Balaban J connectivity index is 1.85. The number of carbonyl (C=O) groups excluding carboxylic acids is 3. The molecule has 1 N–H and O–H groups in total. The summed E-state index contributed by atoms with van der Waals surface area (Å²) in [7, 11) is 0. The molecule has 156 valence electrons. The van der Waals surface area contributed by atoms with Crippen molar-refractivity contribution in [3.8, 4) is 0 Å². The first-order valence-electron chi connectivity index (χ1n) is 9.96. The molecule has 3 rings (SSSR count). The van der Waals surface area contributed by atoms with Gasteiger partial charge in [-0.2, -0.15) is 0 Å². The molecule has 0 aliphatic carbocycles. The maximum absolute atomic E-state index is 13.1. The van der Waals surface area contributed by atoms with E-state index >= 15 is 0 Å². The molecule has 0 saturated heterocycles. The van der Waals surface area contributed by atoms with E-state index in [2.05, 4.69) is 5.32 Å². The number of fused-ring (bicyclic) bond motifs is 1. The number of Topliss-reactive ketones (excluding diaryl/α,β-unsaturated/α-hetero) is 1. The molecule has 1 aromatic heterocycles. The highest BCUT2D eigenvalue weighted by atomic mass is 32.1. The molecule has 3 aromatic rings. The highest BCUT2D eigenvalue weighted by Gasteiger charge is 2.30. The molecule has 1 heterocycles. The SMILES string of the molecule is CCOC(=O)C(NC(=O)C(CC(C)=O)Cc1ccccc1)c1cc2ccccc2s1. The van der Waals surface area contributed by atoms with E-state index in [0.717, 1.165) is 15.6 Å². The Hall–Kier alpha value is -2.99. The number of ketones is 1. The molecular formula is C24H25NO4S. The first kappa shape index (κ1) is 21.7. The Kier molecular flexibility index (Phi) is 7.36. The Bertz CT molecular complexity index is 995. The molecule has 0 spiro atoms. The van der Waals surface area contributed by atoms with Gasteiger partial charge in [0.05, 0.1) is 6.61 Å². The van der Waals surface area contributed by atoms with E-state index in [1.807, 2.05) is 60.7 Å². The summed E-state index contributed by atoms with van der Waals surface area (Å²) in [6, 6.07) is 18.4. The molecule has 30 heavy (non-hydrogen) atoms. The molecule has 6 heteroatoms. The largest absolute Gasteiger partial charge is 0.464 e. The number of benzene rings is 2. The van der Waals surface area contributed by atoms with Crippen molar-refractivity contribution in [2.24, 2.45) is 5.92 Å². The van der Waals surface area contributed by atoms with Gasteiger partial charge in [-0.05, 0) is 43.4 Å². The maximum atomic E-state index is 13.1. The van der Waals surface area contributed by atoms with E-state index in [1.165, 1.54) is 18.3 Å². The van der Waals surface area contributed by atoms with Gasteiger partial charge in [-0.25, -0.2) is 4.79 Å². The number of carbonyl (C=O) groups is 3. The van der Waals surface area contributed by atoms with E-state index in [0.29, 0.717) is 11.3 Å². The van der Waals surface area contributed by atoms with Gasteiger partial charge in [0.15, 0.2) is 6.04 Å². The van der Waals surface area contributed by atoms with Crippen LogP contribution in [-0.4, -0.2) is 24.3 Å². The first-order valence-corrected chi connectivity index (χ1v) is 10.8. The normalized spacial score (nSPS) is 12.9. The van der Waals surface area contributed by atoms with Crippen LogP contribution in [0.2, 0.25) is 0 Å². The molecule has 2 atom stereocenters. The summed E-state index contributed by atoms with van der Waals surface area (Å²) in [6.07, 6.45) is 0.539. The number of thiophene rings is 1. The zero-order valence-electron chi connectivity index (χ0n) is 17.1. The highest BCUT2D eigenvalue weighted by molar-refractivity contribution is 7.19. The third kappa shape index (κ3) is 5.54. The fourth-order valence-electron chi connectivity index (χ4n) is 3.38. The van der Waals surface area contributed by atoms with Gasteiger partial charge in [-0.3, -0.25) is 4.79 Å². The molecular weight excluding hydrogens is 398 g/mol. The van der Waals surface area contributed by atoms with E-state index in [-0.39, 0.29) is 24.7 Å². The Morgan fingerprint density at radius 1 is 1.03 bits per heavy atom. The van der Waals surface area contributed by atoms with Crippen LogP contribution in [-0.2, 0) is 25.5 Å². The van der Waals surface area contributed by atoms with Crippen LogP contribution >= 0.6 is 11.3 Å². The number of hydrogen-bond donors (Lipinski definition) is 1. The Morgan fingerprint density at radius 3 is 2.40 bits per heavy atom. The van der Waals surface area contributed by atoms with Crippen LogP contribution in [0.4, 0.5) is 0 Å². The molecule has 0 radical (unpaired) electrons. The van der Waals surface area contributed by atoms with Gasteiger partial charge in [0.2, 0.25) is 5.91 Å². The number of nitrogens with one attached hydrogen (secondary N) is 1. The predicted octanol–water partition coefficient (Wildman–Crippen LogP) is 4.46. The monoisotopic (exact) mass is 423 g/mol. The number of rotatable bonds is 9. The summed E-state index contributed by atoms with van der Waals surface area (Å²) in [5.74, 6) is -1.46. The van der Waals surface area contributed by atoms with Crippen molar-refractivity contribution in [2.75, 3.05) is 6.61 Å². The molecule has 0 aliphatic heterocycles. The van der Waals surface area contributed by atoms with Crippen molar-refractivity contribution in [1.29, 1.82) is 0 Å². The zero-order valence-corrected chi connectivity index (χ0v) is 17.9. The van der Waals surface area contributed by atoms with Crippen molar-refractivity contribution in [1.82, 2.24) is 5.32 Å². The van der Waals surface area contributed by atoms with E-state index in [1.54, 1.807) is 6.92 Å². The topological polar surface area (TPSA) is 72.5 Å². The van der Waals surface area contributed by atoms with E-state index in [4.69, 9.17) is 4.74 Å². The van der Waals surface area contributed by atoms with Crippen molar-refractivity contribution < 1.29 is 19.1 Å². The third-order valence-corrected chi connectivity index (χ3v) is 5.95. The quantitative estimate of drug-likeness (QED) is 0.516. The molecule has 0 fully saturated rings. The molecule has 0 aliphatic rings. The molecule has 1 amide bonds. The van der Waals surface area contributed by atoms with Crippen molar-refractivity contribution >= 4 is 39.1 Å². The summed E-state index contributed by atoms with van der Waals surface area (Å²) in [5, 5.41) is 3.85. The van der Waals surface area contributed by atoms with Gasteiger partial charge in [0, 0.05) is 21.9 Å². The highest BCUT2D eigenvalue weighted by Crippen LogP contribution is 2.31. The standard InChI is InChI=1S/C24H25NO4S/c1-3-29-24(28)22(21-15-18-11-7-8-12-20(18)30-21)25-23(27)19(13-16(2)26)14-17-9-5-4-6-10-17/h4-12,15,19,22H,3,13-14H2,1-2H3,(H,25,27). The van der Waals surface area contributed by atoms with Gasteiger partial charge in [-0.1, -0.05) is 48.5 Å². The van der Waals surface area contributed by atoms with E-state index < -0.39 is 17.9 Å². The van der Waals surface area contributed by atoms with Crippen LogP contribution in [0, 0.1) is 5.92 Å². The number of ether oxygens (including phenoxy) is 1. The molecule has 2 unspecified atom stereocenters. The Morgan fingerprint density at radius 2 is 1.73 bits per heavy atom. The summed E-state index contributed by atoms with van der Waals surface area (Å²) >= 11 is 1.45. The summed E-state index contributed by atoms with van der Waals surface area (Å²) in [5.41, 5.74) is 0.966. The van der Waals surface area contributed by atoms with Crippen LogP contribution in [0.25, 0.3) is 10.1 Å². The van der Waals surface area contributed by atoms with Crippen molar-refractivity contribution in [3.05, 3.63) is 71.1 Å². The van der Waals surface area contributed by atoms with Crippen LogP contribution in [0.15, 0.2) is 60.7 Å². The number of hydrogen-bond acceptors (Lipinski definition) is 5. The third-order valence-electron chi connectivity index (χ3n) is 4.77. The molecule has 2 aromatic carbocycles. The smallest absolute Gasteiger partial charge is 0.334 e. The second-order valence-electron chi connectivity index (χ2n) is 7.17. The fraction of sp³-hybridized carbons (Fsp3) is 0.292. The van der Waals surface area contributed by atoms with Gasteiger partial charge in [0.1, 0.15) is 5.78 Å². The minimum Gasteiger partial charge on any atom is -0.464 e. The summed E-state index contributed by atoms with van der Waals surface area (Å²) in [4.78, 5) is 38.3. The molecule has 5 nitrogen and oxygen atoms in total. The van der Waals surface area contributed by atoms with E-state index in [9.17, 15) is 14.4 Å². The van der Waals surface area contributed by atoms with Crippen LogP contribution < -0.4 is 5.32 Å². The van der Waals surface area contributed by atoms with Crippen molar-refractivity contribution in [2.45, 2.75) is 32.7 Å². The Labute approximate surface area is 180 Å². The van der Waals surface area contributed by atoms with Crippen LogP contribution in [0.1, 0.15) is 36.8 Å². The van der Waals surface area contributed by atoms with Gasteiger partial charge in [-0.15, -0.1) is 11.3 Å². The zero-order chi connectivity index (χ0) is 21.5. The lowest BCUT2D eigenvalue weighted by Gasteiger charge is -2.21. The first-order chi connectivity index (χ1) is 14.5. The van der Waals surface area contributed by atoms with Crippen LogP contribution in [0.5, 0.6) is 0 Å². The second kappa shape index (κ2) is 10.2. The number of esters is 1. The number of amides is 1. The predicted molar refractivity (Wildman–Crippen MR) is 118 cm³/mol. The lowest BCUT2D eigenvalue weighted by Crippen LogP contribution is -2.39. The fourth-order valence-corrected chi connectivity index (χ4v) is 4.48. The lowest BCUT2D eigenvalue weighted by molar-refractivity contribution is -0.148. The summed E-state index contributed by atoms with van der Waals surface area (Å²) in [6.45, 7) is 3.42. The molecule has 0 saturated carbocycles.